The molecule has 0 bridgehead atoms. The fourth-order valence-corrected chi connectivity index (χ4v) is 2.14. The number of carboxylic acids is 2. The van der Waals surface area contributed by atoms with E-state index < -0.39 is 73.4 Å². The minimum Gasteiger partial charge on any atom is -0.481 e. The van der Waals surface area contributed by atoms with Crippen molar-refractivity contribution in [2.45, 2.75) is 91.4 Å². The monoisotopic (exact) mass is 634 g/mol. The van der Waals surface area contributed by atoms with Crippen molar-refractivity contribution in [1.82, 2.24) is 0 Å². The minimum atomic E-state index is -4.64. The van der Waals surface area contributed by atoms with Crippen LogP contribution in [0.3, 0.4) is 0 Å². The maximum absolute atomic E-state index is 12.0. The second-order valence-electron chi connectivity index (χ2n) is 7.23. The molecule has 37 heavy (non-hydrogen) atoms. The van der Waals surface area contributed by atoms with Crippen molar-refractivity contribution < 1.29 is 92.2 Å². The predicted octanol–water partition coefficient (Wildman–Crippen LogP) is 4.79. The van der Waals surface area contributed by atoms with Gasteiger partial charge >= 0.3 is 24.3 Å². The Balaban J connectivity index is -0.000000133. The van der Waals surface area contributed by atoms with Gasteiger partial charge in [-0.15, -0.1) is 0 Å². The number of hydrogen-bond acceptors (Lipinski definition) is 6. The van der Waals surface area contributed by atoms with Gasteiger partial charge in [0.15, 0.2) is 11.6 Å². The Bertz CT molecular complexity index is 557. The SMILES string of the molecule is CCC(C(=O)CC(=O)O)C(F)(F)F.CCC(C(=O)CC(=O)O)C(F)(F)F.CCCCO.CCCCO.[Zr]. The van der Waals surface area contributed by atoms with Gasteiger partial charge in [0, 0.05) is 39.4 Å². The summed E-state index contributed by atoms with van der Waals surface area (Å²) in [5.74, 6) is -9.95. The van der Waals surface area contributed by atoms with Gasteiger partial charge in [-0.25, -0.2) is 0 Å². The molecule has 2 atom stereocenters. The van der Waals surface area contributed by atoms with Crippen molar-refractivity contribution in [2.24, 2.45) is 11.8 Å². The van der Waals surface area contributed by atoms with Gasteiger partial charge in [0.05, 0.1) is 0 Å². The first kappa shape index (κ1) is 45.6. The molecule has 0 radical (unpaired) electrons. The predicted molar refractivity (Wildman–Crippen MR) is 118 cm³/mol. The van der Waals surface area contributed by atoms with Crippen LogP contribution in [0.1, 0.15) is 79.1 Å². The van der Waals surface area contributed by atoms with E-state index in [1.807, 2.05) is 0 Å². The molecule has 0 aromatic rings. The van der Waals surface area contributed by atoms with Crippen molar-refractivity contribution in [3.05, 3.63) is 0 Å². The number of halogens is 6. The molecule has 0 aliphatic carbocycles. The van der Waals surface area contributed by atoms with Crippen molar-refractivity contribution in [2.75, 3.05) is 13.2 Å². The number of aliphatic carboxylic acids is 2. The Labute approximate surface area is 231 Å². The number of unbranched alkanes of at least 4 members (excludes halogenated alkanes) is 2. The van der Waals surface area contributed by atoms with Gasteiger partial charge in [0.1, 0.15) is 24.7 Å². The van der Waals surface area contributed by atoms with Crippen LogP contribution in [0.25, 0.3) is 0 Å². The topological polar surface area (TPSA) is 149 Å². The third-order valence-electron chi connectivity index (χ3n) is 4.06. The number of carboxylic acid groups (broad SMARTS) is 2. The summed E-state index contributed by atoms with van der Waals surface area (Å²) in [7, 11) is 0. The second-order valence-corrected chi connectivity index (χ2v) is 7.23. The summed E-state index contributed by atoms with van der Waals surface area (Å²) in [4.78, 5) is 41.4. The number of ketones is 2. The smallest absolute Gasteiger partial charge is 0.398 e. The summed E-state index contributed by atoms with van der Waals surface area (Å²) in [6.45, 7) is 7.18. The van der Waals surface area contributed by atoms with E-state index in [1.165, 1.54) is 13.8 Å². The third-order valence-corrected chi connectivity index (χ3v) is 4.06. The summed E-state index contributed by atoms with van der Waals surface area (Å²) in [6, 6.07) is 0. The van der Waals surface area contributed by atoms with Crippen LogP contribution in [0.5, 0.6) is 0 Å². The van der Waals surface area contributed by atoms with E-state index in [-0.39, 0.29) is 26.2 Å². The first-order valence-corrected chi connectivity index (χ1v) is 11.2. The standard InChI is InChI=1S/2C7H9F3O3.2C4H10O.Zr/c2*1-2-4(7(8,9)10)5(11)3-6(12)13;2*1-2-3-4-5;/h2*4H,2-3H2,1H3,(H,12,13);2*5H,2-4H2,1H3;. The molecule has 2 unspecified atom stereocenters. The number of aliphatic hydroxyl groups is 2. The summed E-state index contributed by atoms with van der Waals surface area (Å²) in [5.41, 5.74) is 0. The van der Waals surface area contributed by atoms with Gasteiger partial charge in [0.2, 0.25) is 0 Å². The van der Waals surface area contributed by atoms with Crippen LogP contribution in [-0.2, 0) is 45.4 Å². The number of Topliss-reactive ketones (excluding diaryl/α,β-unsaturated/α-hetero) is 2. The van der Waals surface area contributed by atoms with Gasteiger partial charge in [-0.05, 0) is 25.7 Å². The number of alkyl halides is 6. The number of hydrogen-bond donors (Lipinski definition) is 4. The van der Waals surface area contributed by atoms with Crippen LogP contribution in [0.15, 0.2) is 0 Å². The molecule has 0 amide bonds. The van der Waals surface area contributed by atoms with Crippen LogP contribution < -0.4 is 0 Å². The van der Waals surface area contributed by atoms with Gasteiger partial charge in [-0.2, -0.15) is 26.3 Å². The Morgan fingerprint density at radius 2 is 0.865 bits per heavy atom. The zero-order valence-electron chi connectivity index (χ0n) is 21.4. The fraction of sp³-hybridized carbons (Fsp3) is 0.818. The van der Waals surface area contributed by atoms with E-state index >= 15 is 0 Å². The first-order valence-electron chi connectivity index (χ1n) is 11.2. The quantitative estimate of drug-likeness (QED) is 0.177. The average molecular weight is 636 g/mol. The molecular formula is C22H38F6O8Zr. The molecule has 0 rings (SSSR count). The van der Waals surface area contributed by atoms with Crippen LogP contribution >= 0.6 is 0 Å². The first-order chi connectivity index (χ1) is 16.4. The van der Waals surface area contributed by atoms with E-state index in [1.54, 1.807) is 0 Å². The van der Waals surface area contributed by atoms with E-state index in [9.17, 15) is 45.5 Å². The molecule has 0 aromatic carbocycles. The molecule has 0 fully saturated rings. The number of carbonyl (C=O) groups excluding carboxylic acids is 2. The molecule has 0 heterocycles. The van der Waals surface area contributed by atoms with Gasteiger partial charge in [0.25, 0.3) is 0 Å². The van der Waals surface area contributed by atoms with Crippen molar-refractivity contribution in [1.29, 1.82) is 0 Å². The molecule has 15 heteroatoms. The second kappa shape index (κ2) is 26.3. The maximum atomic E-state index is 12.0. The van der Waals surface area contributed by atoms with Crippen LogP contribution in [0, 0.1) is 11.8 Å². The van der Waals surface area contributed by atoms with E-state index in [0.29, 0.717) is 13.2 Å². The van der Waals surface area contributed by atoms with Crippen molar-refractivity contribution in [3.8, 4) is 0 Å². The van der Waals surface area contributed by atoms with Crippen molar-refractivity contribution >= 4 is 23.5 Å². The Morgan fingerprint density at radius 3 is 0.946 bits per heavy atom. The molecule has 0 aliphatic heterocycles. The summed E-state index contributed by atoms with van der Waals surface area (Å²) in [6.07, 6.45) is -8.18. The summed E-state index contributed by atoms with van der Waals surface area (Å²) < 4.78 is 72.0. The number of aliphatic hydroxyl groups excluding tert-OH is 2. The Kier molecular flexibility index (Phi) is 32.4. The fourth-order valence-electron chi connectivity index (χ4n) is 2.14. The van der Waals surface area contributed by atoms with Crippen LogP contribution in [-0.4, -0.2) is 69.5 Å². The normalized spacial score (nSPS) is 12.0. The Morgan fingerprint density at radius 1 is 0.622 bits per heavy atom. The molecule has 220 valence electrons. The maximum Gasteiger partial charge on any atom is 0.398 e. The minimum absolute atomic E-state index is 0. The van der Waals surface area contributed by atoms with E-state index in [2.05, 4.69) is 13.8 Å². The van der Waals surface area contributed by atoms with Gasteiger partial charge in [-0.1, -0.05) is 40.5 Å². The molecule has 0 saturated carbocycles. The van der Waals surface area contributed by atoms with E-state index in [0.717, 1.165) is 25.7 Å². The average Bonchev–Trinajstić information content (AvgIpc) is 2.68. The Hall–Kier alpha value is -1.34. The summed E-state index contributed by atoms with van der Waals surface area (Å²) >= 11 is 0. The summed E-state index contributed by atoms with van der Waals surface area (Å²) in [5, 5.41) is 32.3. The largest absolute Gasteiger partial charge is 0.481 e. The zero-order valence-corrected chi connectivity index (χ0v) is 23.9. The zero-order chi connectivity index (χ0) is 29.5. The van der Waals surface area contributed by atoms with Crippen LogP contribution in [0.2, 0.25) is 0 Å². The molecule has 0 aliphatic rings. The molecule has 0 saturated heterocycles. The molecular weight excluding hydrogens is 597 g/mol. The number of rotatable bonds is 12. The van der Waals surface area contributed by atoms with Gasteiger partial charge in [-0.3, -0.25) is 19.2 Å². The van der Waals surface area contributed by atoms with E-state index in [4.69, 9.17) is 20.4 Å². The number of carbonyl (C=O) groups is 4. The van der Waals surface area contributed by atoms with Crippen LogP contribution in [0.4, 0.5) is 26.3 Å². The molecule has 4 N–H and O–H groups in total. The van der Waals surface area contributed by atoms with Gasteiger partial charge < -0.3 is 20.4 Å². The van der Waals surface area contributed by atoms with Crippen molar-refractivity contribution in [3.63, 3.8) is 0 Å². The molecule has 0 spiro atoms. The third kappa shape index (κ3) is 30.8. The molecule has 0 aromatic heterocycles. The molecule has 8 nitrogen and oxygen atoms in total.